The van der Waals surface area contributed by atoms with Gasteiger partial charge >= 0.3 is 5.97 Å². The van der Waals surface area contributed by atoms with Crippen molar-refractivity contribution in [1.82, 2.24) is 20.2 Å². The van der Waals surface area contributed by atoms with Gasteiger partial charge in [0.05, 0.1) is 5.69 Å². The first-order chi connectivity index (χ1) is 8.70. The monoisotopic (exact) mass is 268 g/mol. The van der Waals surface area contributed by atoms with Crippen LogP contribution in [0.3, 0.4) is 0 Å². The van der Waals surface area contributed by atoms with Crippen LogP contribution in [-0.4, -0.2) is 57.9 Å². The predicted molar refractivity (Wildman–Crippen MR) is 68.5 cm³/mol. The van der Waals surface area contributed by atoms with Gasteiger partial charge in [0.15, 0.2) is 0 Å². The zero-order valence-corrected chi connectivity index (χ0v) is 11.0. The normalized spacial score (nSPS) is 20.8. The predicted octanol–water partition coefficient (Wildman–Crippen LogP) is 0.0569. The van der Waals surface area contributed by atoms with Gasteiger partial charge in [-0.05, 0) is 6.26 Å². The lowest BCUT2D eigenvalue weighted by molar-refractivity contribution is -0.140. The summed E-state index contributed by atoms with van der Waals surface area (Å²) < 4.78 is 0. The van der Waals surface area contributed by atoms with Crippen molar-refractivity contribution in [3.63, 3.8) is 0 Å². The van der Waals surface area contributed by atoms with Crippen molar-refractivity contribution in [2.75, 3.05) is 25.9 Å². The van der Waals surface area contributed by atoms with Crippen molar-refractivity contribution in [2.45, 2.75) is 17.6 Å². The summed E-state index contributed by atoms with van der Waals surface area (Å²) >= 11 is 1.56. The number of thioether (sulfide) groups is 1. The molecule has 1 unspecified atom stereocenters. The van der Waals surface area contributed by atoms with Crippen LogP contribution in [0.1, 0.15) is 5.69 Å². The van der Waals surface area contributed by atoms with Gasteiger partial charge < -0.3 is 10.4 Å². The molecule has 2 heterocycles. The highest BCUT2D eigenvalue weighted by atomic mass is 32.2. The minimum atomic E-state index is -0.802. The van der Waals surface area contributed by atoms with Crippen LogP contribution in [0.15, 0.2) is 17.4 Å². The van der Waals surface area contributed by atoms with Gasteiger partial charge in [-0.1, -0.05) is 0 Å². The van der Waals surface area contributed by atoms with Gasteiger partial charge in [0.1, 0.15) is 11.1 Å². The molecule has 1 aliphatic rings. The van der Waals surface area contributed by atoms with E-state index in [1.54, 1.807) is 24.2 Å². The van der Waals surface area contributed by atoms with Gasteiger partial charge in [-0.2, -0.15) is 0 Å². The van der Waals surface area contributed by atoms with Crippen molar-refractivity contribution in [3.05, 3.63) is 18.1 Å². The lowest BCUT2D eigenvalue weighted by Crippen LogP contribution is -2.53. The van der Waals surface area contributed by atoms with Crippen LogP contribution in [0, 0.1) is 0 Å². The fraction of sp³-hybridized carbons (Fsp3) is 0.545. The molecule has 1 fully saturated rings. The SMILES string of the molecule is CSc1nccnc1CN1CCNC(C(=O)O)C1. The highest BCUT2D eigenvalue weighted by molar-refractivity contribution is 7.98. The summed E-state index contributed by atoms with van der Waals surface area (Å²) in [5.74, 6) is -0.802. The second kappa shape index (κ2) is 6.12. The third-order valence-electron chi connectivity index (χ3n) is 2.86. The first-order valence-corrected chi connectivity index (χ1v) is 6.95. The smallest absolute Gasteiger partial charge is 0.322 e. The largest absolute Gasteiger partial charge is 0.480 e. The Balaban J connectivity index is 2.02. The Morgan fingerprint density at radius 3 is 3.11 bits per heavy atom. The zero-order chi connectivity index (χ0) is 13.0. The highest BCUT2D eigenvalue weighted by Gasteiger charge is 2.25. The summed E-state index contributed by atoms with van der Waals surface area (Å²) in [6, 6.07) is -0.492. The molecule has 0 aliphatic carbocycles. The van der Waals surface area contributed by atoms with E-state index in [1.807, 2.05) is 6.26 Å². The van der Waals surface area contributed by atoms with Gasteiger partial charge in [0.25, 0.3) is 0 Å². The number of carboxylic acids is 1. The number of carbonyl (C=O) groups is 1. The van der Waals surface area contributed by atoms with Crippen molar-refractivity contribution < 1.29 is 9.90 Å². The van der Waals surface area contributed by atoms with E-state index in [2.05, 4.69) is 20.2 Å². The van der Waals surface area contributed by atoms with Crippen molar-refractivity contribution in [2.24, 2.45) is 0 Å². The molecule has 2 rings (SSSR count). The maximum atomic E-state index is 11.0. The Morgan fingerprint density at radius 1 is 1.61 bits per heavy atom. The first-order valence-electron chi connectivity index (χ1n) is 5.73. The molecule has 0 radical (unpaired) electrons. The van der Waals surface area contributed by atoms with Crippen LogP contribution >= 0.6 is 11.8 Å². The zero-order valence-electron chi connectivity index (χ0n) is 10.2. The molecule has 1 aromatic heterocycles. The van der Waals surface area contributed by atoms with E-state index < -0.39 is 12.0 Å². The highest BCUT2D eigenvalue weighted by Crippen LogP contribution is 2.17. The molecule has 7 heteroatoms. The summed E-state index contributed by atoms with van der Waals surface area (Å²) in [7, 11) is 0. The number of nitrogens with zero attached hydrogens (tertiary/aromatic N) is 3. The molecule has 1 aromatic rings. The molecule has 6 nitrogen and oxygen atoms in total. The Kier molecular flexibility index (Phi) is 4.51. The van der Waals surface area contributed by atoms with Crippen LogP contribution in [0.2, 0.25) is 0 Å². The molecule has 0 saturated carbocycles. The number of carboxylic acid groups (broad SMARTS) is 1. The van der Waals surface area contributed by atoms with Gasteiger partial charge in [-0.3, -0.25) is 14.7 Å². The second-order valence-electron chi connectivity index (χ2n) is 4.09. The number of rotatable bonds is 4. The molecular formula is C11H16N4O2S. The van der Waals surface area contributed by atoms with E-state index in [9.17, 15) is 4.79 Å². The van der Waals surface area contributed by atoms with Crippen LogP contribution < -0.4 is 5.32 Å². The van der Waals surface area contributed by atoms with Crippen molar-refractivity contribution in [1.29, 1.82) is 0 Å². The number of aliphatic carboxylic acids is 1. The van der Waals surface area contributed by atoms with Gasteiger partial charge in [-0.25, -0.2) is 4.98 Å². The van der Waals surface area contributed by atoms with Gasteiger partial charge in [-0.15, -0.1) is 11.8 Å². The quantitative estimate of drug-likeness (QED) is 0.747. The Morgan fingerprint density at radius 2 is 2.39 bits per heavy atom. The lowest BCUT2D eigenvalue weighted by atomic mass is 10.2. The molecule has 98 valence electrons. The van der Waals surface area contributed by atoms with E-state index in [0.717, 1.165) is 17.3 Å². The van der Waals surface area contributed by atoms with E-state index in [1.165, 1.54) is 0 Å². The first kappa shape index (κ1) is 13.3. The van der Waals surface area contributed by atoms with E-state index in [4.69, 9.17) is 5.11 Å². The molecular weight excluding hydrogens is 252 g/mol. The molecule has 1 saturated heterocycles. The lowest BCUT2D eigenvalue weighted by Gasteiger charge is -2.31. The molecule has 1 aliphatic heterocycles. The average Bonchev–Trinajstić information content (AvgIpc) is 2.39. The van der Waals surface area contributed by atoms with E-state index >= 15 is 0 Å². The van der Waals surface area contributed by atoms with Gasteiger partial charge in [0.2, 0.25) is 0 Å². The van der Waals surface area contributed by atoms with Crippen LogP contribution in [0.25, 0.3) is 0 Å². The molecule has 2 N–H and O–H groups in total. The Bertz CT molecular complexity index is 429. The number of aromatic nitrogens is 2. The molecule has 1 atom stereocenters. The van der Waals surface area contributed by atoms with Crippen molar-refractivity contribution >= 4 is 17.7 Å². The maximum absolute atomic E-state index is 11.0. The standard InChI is InChI=1S/C11H16N4O2S/c1-18-10-8(12-2-3-14-10)6-15-5-4-13-9(7-15)11(16)17/h2-3,9,13H,4-7H2,1H3,(H,16,17). The third-order valence-corrected chi connectivity index (χ3v) is 3.59. The topological polar surface area (TPSA) is 78.4 Å². The Hall–Kier alpha value is -1.18. The van der Waals surface area contributed by atoms with E-state index in [0.29, 0.717) is 19.6 Å². The van der Waals surface area contributed by atoms with E-state index in [-0.39, 0.29) is 0 Å². The Labute approximate surface area is 110 Å². The summed E-state index contributed by atoms with van der Waals surface area (Å²) in [6.07, 6.45) is 5.31. The van der Waals surface area contributed by atoms with Crippen LogP contribution in [0.4, 0.5) is 0 Å². The third kappa shape index (κ3) is 3.18. The fourth-order valence-corrected chi connectivity index (χ4v) is 2.48. The average molecular weight is 268 g/mol. The molecule has 0 amide bonds. The van der Waals surface area contributed by atoms with Crippen LogP contribution in [0.5, 0.6) is 0 Å². The van der Waals surface area contributed by atoms with Crippen LogP contribution in [-0.2, 0) is 11.3 Å². The molecule has 0 aromatic carbocycles. The summed E-state index contributed by atoms with van der Waals surface area (Å²) in [4.78, 5) is 21.6. The molecule has 18 heavy (non-hydrogen) atoms. The minimum absolute atomic E-state index is 0.492. The molecule has 0 bridgehead atoms. The summed E-state index contributed by atoms with van der Waals surface area (Å²) in [6.45, 7) is 2.66. The maximum Gasteiger partial charge on any atom is 0.322 e. The molecule has 0 spiro atoms. The number of hydrogen-bond acceptors (Lipinski definition) is 6. The number of piperazine rings is 1. The number of hydrogen-bond donors (Lipinski definition) is 2. The fourth-order valence-electron chi connectivity index (χ4n) is 1.96. The van der Waals surface area contributed by atoms with Crippen molar-refractivity contribution in [3.8, 4) is 0 Å². The summed E-state index contributed by atoms with van der Waals surface area (Å²) in [5.41, 5.74) is 0.913. The summed E-state index contributed by atoms with van der Waals surface area (Å²) in [5, 5.41) is 12.9. The number of nitrogens with one attached hydrogen (secondary N) is 1. The van der Waals surface area contributed by atoms with Gasteiger partial charge in [0, 0.05) is 38.6 Å². The minimum Gasteiger partial charge on any atom is -0.480 e. The second-order valence-corrected chi connectivity index (χ2v) is 4.89.